The number of ether oxygens (including phenoxy) is 10. The van der Waals surface area contributed by atoms with Gasteiger partial charge in [-0.2, -0.15) is 0 Å². The van der Waals surface area contributed by atoms with Crippen molar-refractivity contribution >= 4 is 24.0 Å². The number of rotatable bonds is 40. The molecule has 0 aromatic heterocycles. The topological polar surface area (TPSA) is 318 Å². The number of allylic oxidation sites excluding steroid dienone is 15. The summed E-state index contributed by atoms with van der Waals surface area (Å²) in [5, 5.41) is 48.8. The highest BCUT2D eigenvalue weighted by molar-refractivity contribution is 5.91. The highest BCUT2D eigenvalue weighted by Crippen LogP contribution is 2.42. The Morgan fingerprint density at radius 2 is 0.962 bits per heavy atom. The van der Waals surface area contributed by atoms with Crippen molar-refractivity contribution in [1.82, 2.24) is 10.6 Å². The Morgan fingerprint density at radius 1 is 0.581 bits per heavy atom. The van der Waals surface area contributed by atoms with Crippen molar-refractivity contribution in [3.8, 4) is 0 Å². The van der Waals surface area contributed by atoms with Gasteiger partial charge >= 0.3 is 12.2 Å². The average molecular weight is 1480 g/mol. The van der Waals surface area contributed by atoms with Gasteiger partial charge in [0, 0.05) is 90.5 Å². The molecule has 4 heterocycles. The summed E-state index contributed by atoms with van der Waals surface area (Å²) in [4.78, 5) is 46.7. The van der Waals surface area contributed by atoms with E-state index in [1.165, 1.54) is 25.4 Å². The third-order valence-corrected chi connectivity index (χ3v) is 20.2. The lowest BCUT2D eigenvalue weighted by Crippen LogP contribution is -2.53. The molecule has 0 bridgehead atoms. The van der Waals surface area contributed by atoms with Gasteiger partial charge in [0.2, 0.25) is 0 Å². The molecule has 22 unspecified atom stereocenters. The first-order valence-corrected chi connectivity index (χ1v) is 37.5. The first kappa shape index (κ1) is 92.8. The first-order chi connectivity index (χ1) is 49.4. The number of methoxy groups -OCH3 is 4. The van der Waals surface area contributed by atoms with Gasteiger partial charge in [-0.25, -0.2) is 9.59 Å². The molecule has 22 nitrogen and oxygen atoms in total. The van der Waals surface area contributed by atoms with Crippen LogP contribution in [0.1, 0.15) is 180 Å². The van der Waals surface area contributed by atoms with Crippen LogP contribution in [0.3, 0.4) is 0 Å². The Morgan fingerprint density at radius 3 is 1.30 bits per heavy atom. The largest absolute Gasteiger partial charge is 0.492 e. The fraction of sp³-hybridized carbons (Fsp3) is 0.663. The third kappa shape index (κ3) is 35.4. The molecule has 4 amide bonds. The Bertz CT molecular complexity index is 3000. The van der Waals surface area contributed by atoms with Crippen LogP contribution in [0.5, 0.6) is 0 Å². The minimum atomic E-state index is -0.982. The van der Waals surface area contributed by atoms with Gasteiger partial charge in [0.1, 0.15) is 12.2 Å². The van der Waals surface area contributed by atoms with E-state index in [1.807, 2.05) is 83.2 Å². The van der Waals surface area contributed by atoms with Crippen LogP contribution >= 0.6 is 0 Å². The van der Waals surface area contributed by atoms with E-state index in [-0.39, 0.29) is 134 Å². The normalized spacial score (nSPS) is 29.6. The molecule has 0 aliphatic carbocycles. The number of primary amides is 2. The molecule has 4 aliphatic heterocycles. The van der Waals surface area contributed by atoms with Crippen molar-refractivity contribution < 1.29 is 87.0 Å². The minimum absolute atomic E-state index is 0.00688. The molecular formula is C83H134N4O18. The molecule has 4 fully saturated rings. The smallest absolute Gasteiger partial charge is 0.404 e. The predicted molar refractivity (Wildman–Crippen MR) is 413 cm³/mol. The number of amides is 4. The number of nitrogens with one attached hydrogen (secondary N) is 2. The fourth-order valence-electron chi connectivity index (χ4n) is 14.1. The number of aliphatic hydroxyl groups is 4. The van der Waals surface area contributed by atoms with E-state index in [0.29, 0.717) is 38.5 Å². The van der Waals surface area contributed by atoms with Gasteiger partial charge in [0.25, 0.3) is 11.8 Å². The Hall–Kier alpha value is -6.44. The Kier molecular flexibility index (Phi) is 41.9. The molecule has 0 radical (unpaired) electrons. The maximum Gasteiger partial charge on any atom is 0.404 e. The van der Waals surface area contributed by atoms with Crippen molar-refractivity contribution in [3.63, 3.8) is 0 Å². The van der Waals surface area contributed by atoms with Gasteiger partial charge in [0.15, 0.2) is 11.5 Å². The molecule has 0 spiro atoms. The Balaban J connectivity index is 0.000000545. The maximum absolute atomic E-state index is 11.9. The summed E-state index contributed by atoms with van der Waals surface area (Å²) in [7, 11) is 6.20. The number of aliphatic hydroxyl groups excluding tert-OH is 2. The zero-order valence-electron chi connectivity index (χ0n) is 66.3. The summed E-state index contributed by atoms with van der Waals surface area (Å²) in [6, 6.07) is 0. The van der Waals surface area contributed by atoms with E-state index in [4.69, 9.17) is 58.8 Å². The summed E-state index contributed by atoms with van der Waals surface area (Å²) >= 11 is 0. The lowest BCUT2D eigenvalue weighted by atomic mass is 9.77. The van der Waals surface area contributed by atoms with Gasteiger partial charge in [0.05, 0.1) is 98.7 Å². The number of hydrogen-bond acceptors (Lipinski definition) is 18. The van der Waals surface area contributed by atoms with E-state index in [2.05, 4.69) is 122 Å². The van der Waals surface area contributed by atoms with Crippen molar-refractivity contribution in [2.75, 3.05) is 41.5 Å². The standard InChI is InChI=1S/C42H68N2O9.C41H66N2O9/c1-11-12-13-14-28(3)19-30(5)37-23-35(50-10)22-36(51-37)24-38-31(6)25-42(8,48)39(53-38)20-29(4)16-15-27(2)17-18-34(52-41(43)47)21-33(45)26-44-40(46)32(7)49-9;1-11-12-13-27(3)18-29(5)36-22-34(49-10)21-35(50-36)23-37-30(6)24-41(8,47)38(52-37)19-28(4)15-14-26(2)16-17-33(51-40(42)46)20-32(44)25-43-39(45)31(7)48-9/h11-17,19,29-31,33-39,45,48H,7,18,20-26H2,1-6,8-10H3,(H2,43,47)(H,44,46);11-16,18,28-30,32-38,44,47H,1,7,17,19-25H2,2-6,8-10H3,(H2,42,46)(H,43,45)/b12-11+,14-13+,16-15+,27-17+,28-19+;13-12+,15-14+,26-16+,27-18+. The zero-order valence-corrected chi connectivity index (χ0v) is 66.3. The number of nitrogens with two attached hydrogens (primary N) is 2. The molecule has 594 valence electrons. The number of carbonyl (C=O) groups excluding carboxylic acids is 4. The molecular weight excluding hydrogens is 1340 g/mol. The summed E-state index contributed by atoms with van der Waals surface area (Å²) < 4.78 is 58.5. The van der Waals surface area contributed by atoms with Crippen LogP contribution in [0.4, 0.5) is 9.59 Å². The van der Waals surface area contributed by atoms with Crippen LogP contribution in [0, 0.1) is 35.5 Å². The van der Waals surface area contributed by atoms with Gasteiger partial charge < -0.3 is 89.9 Å². The summed E-state index contributed by atoms with van der Waals surface area (Å²) in [5.74, 6) is -0.270. The van der Waals surface area contributed by atoms with E-state index in [1.54, 1.807) is 20.3 Å². The van der Waals surface area contributed by atoms with Crippen LogP contribution in [0.25, 0.3) is 0 Å². The lowest BCUT2D eigenvalue weighted by molar-refractivity contribution is -0.208. The lowest BCUT2D eigenvalue weighted by Gasteiger charge is -2.47. The highest BCUT2D eigenvalue weighted by atomic mass is 16.6. The van der Waals surface area contributed by atoms with Crippen molar-refractivity contribution in [3.05, 3.63) is 145 Å². The molecule has 4 rings (SSSR count). The fourth-order valence-corrected chi connectivity index (χ4v) is 14.1. The van der Waals surface area contributed by atoms with Crippen molar-refractivity contribution in [1.29, 1.82) is 0 Å². The molecule has 0 saturated carbocycles. The molecule has 105 heavy (non-hydrogen) atoms. The first-order valence-electron chi connectivity index (χ1n) is 37.5. The molecule has 4 saturated heterocycles. The molecule has 10 N–H and O–H groups in total. The van der Waals surface area contributed by atoms with Crippen LogP contribution in [-0.4, -0.2) is 183 Å². The summed E-state index contributed by atoms with van der Waals surface area (Å²) in [6.45, 7) is 37.2. The van der Waals surface area contributed by atoms with Crippen LogP contribution < -0.4 is 22.1 Å². The van der Waals surface area contributed by atoms with E-state index in [0.717, 1.165) is 49.7 Å². The molecule has 22 heteroatoms. The molecule has 0 aromatic rings. The monoisotopic (exact) mass is 1470 g/mol. The summed E-state index contributed by atoms with van der Waals surface area (Å²) in [6.07, 6.45) is 32.7. The maximum atomic E-state index is 11.9. The van der Waals surface area contributed by atoms with Crippen molar-refractivity contribution in [2.24, 2.45) is 47.0 Å². The molecule has 22 atom stereocenters. The summed E-state index contributed by atoms with van der Waals surface area (Å²) in [5.41, 5.74) is 12.8. The van der Waals surface area contributed by atoms with Gasteiger partial charge in [-0.1, -0.05) is 175 Å². The van der Waals surface area contributed by atoms with Crippen LogP contribution in [-0.2, 0) is 57.0 Å². The van der Waals surface area contributed by atoms with E-state index < -0.39 is 59.6 Å². The zero-order chi connectivity index (χ0) is 78.7. The quantitative estimate of drug-likeness (QED) is 0.0161. The second-order valence-corrected chi connectivity index (χ2v) is 30.2. The van der Waals surface area contributed by atoms with Crippen molar-refractivity contribution in [2.45, 2.75) is 277 Å². The number of carbonyl (C=O) groups is 4. The molecule has 4 aliphatic rings. The van der Waals surface area contributed by atoms with Gasteiger partial charge in [-0.3, -0.25) is 9.59 Å². The van der Waals surface area contributed by atoms with Gasteiger partial charge in [-0.15, -0.1) is 0 Å². The van der Waals surface area contributed by atoms with Crippen LogP contribution in [0.2, 0.25) is 0 Å². The van der Waals surface area contributed by atoms with E-state index >= 15 is 0 Å². The Labute approximate surface area is 628 Å². The third-order valence-electron chi connectivity index (χ3n) is 20.2. The second-order valence-electron chi connectivity index (χ2n) is 30.2. The average Bonchev–Trinajstić information content (AvgIpc) is 0.796. The molecule has 0 aromatic carbocycles. The minimum Gasteiger partial charge on any atom is -0.492 e. The number of hydrogen-bond donors (Lipinski definition) is 8. The predicted octanol–water partition coefficient (Wildman–Crippen LogP) is 12.8. The highest BCUT2D eigenvalue weighted by Gasteiger charge is 2.47. The SMILES string of the molecule is C=C(OC)C(=O)NCC(O)CC(C/C=C(C)/C=C/C(C)CC1OC(CC2CC(OC)CC(C(C)/C=C(C)/C=C/C=C/C)O2)C(C)CC1(C)O)OC(N)=O.C=C/C=C/C(C)=C/C(C)C1CC(OC)CC(CC2OC(CC(C)/C=C/C(C)=C/CC(CC(O)CNC(=O)C(=C)OC)OC(N)=O)C(C)(O)CC2C)O1. The van der Waals surface area contributed by atoms with E-state index in [9.17, 15) is 39.6 Å². The van der Waals surface area contributed by atoms with Crippen LogP contribution in [0.15, 0.2) is 145 Å². The van der Waals surface area contributed by atoms with Gasteiger partial charge in [-0.05, 0) is 111 Å². The second kappa shape index (κ2) is 47.4.